The molecule has 2 rings (SSSR count). The lowest BCUT2D eigenvalue weighted by molar-refractivity contribution is 0.00578. The number of nitrogens with two attached hydrogens (primary N) is 1. The van der Waals surface area contributed by atoms with Gasteiger partial charge in [-0.25, -0.2) is 5.26 Å². The topological polar surface area (TPSA) is 80.6 Å². The van der Waals surface area contributed by atoms with Gasteiger partial charge in [-0.15, -0.1) is 0 Å². The number of hydrogen-bond acceptors (Lipinski definition) is 5. The maximum atomic E-state index is 8.93. The van der Waals surface area contributed by atoms with Crippen molar-refractivity contribution in [2.75, 3.05) is 0 Å². The van der Waals surface area contributed by atoms with Crippen LogP contribution in [0.1, 0.15) is 40.5 Å². The average molecular weight is 301 g/mol. The van der Waals surface area contributed by atoms with E-state index in [0.717, 1.165) is 31.0 Å². The van der Waals surface area contributed by atoms with Crippen molar-refractivity contribution in [1.82, 2.24) is 0 Å². The second-order valence-corrected chi connectivity index (χ2v) is 7.17. The van der Waals surface area contributed by atoms with Crippen LogP contribution < -0.4 is 5.73 Å². The Morgan fingerprint density at radius 2 is 1.77 bits per heavy atom. The van der Waals surface area contributed by atoms with Crippen molar-refractivity contribution >= 4 is 20.0 Å². The first kappa shape index (κ1) is 17.1. The smallest absolute Gasteiger partial charge is 0.405 e. The van der Waals surface area contributed by atoms with Gasteiger partial charge in [-0.3, -0.25) is 4.99 Å². The minimum absolute atomic E-state index is 0.194. The van der Waals surface area contributed by atoms with Gasteiger partial charge in [0.2, 0.25) is 0 Å². The van der Waals surface area contributed by atoms with E-state index in [-0.39, 0.29) is 24.0 Å². The molecule has 7 heteroatoms. The SMILES string of the molecule is CC1(C)OB(C(C=NC2CCB(C#N)CC2)=CN)OC1(C)C. The van der Waals surface area contributed by atoms with Gasteiger partial charge in [0.15, 0.2) is 0 Å². The monoisotopic (exact) mass is 301 g/mol. The summed E-state index contributed by atoms with van der Waals surface area (Å²) in [5, 5.41) is 8.93. The molecule has 0 radical (unpaired) electrons. The summed E-state index contributed by atoms with van der Waals surface area (Å²) in [6.07, 6.45) is 7.05. The highest BCUT2D eigenvalue weighted by atomic mass is 16.7. The average Bonchev–Trinajstić information content (AvgIpc) is 2.68. The van der Waals surface area contributed by atoms with Crippen LogP contribution in [0.15, 0.2) is 16.7 Å². The Hall–Kier alpha value is -1.25. The summed E-state index contributed by atoms with van der Waals surface area (Å²) in [6, 6.07) is 0.266. The van der Waals surface area contributed by atoms with Crippen molar-refractivity contribution in [1.29, 1.82) is 5.26 Å². The molecule has 0 spiro atoms. The van der Waals surface area contributed by atoms with Crippen LogP contribution in [-0.4, -0.2) is 37.3 Å². The predicted molar refractivity (Wildman–Crippen MR) is 90.8 cm³/mol. The van der Waals surface area contributed by atoms with Crippen LogP contribution in [0.3, 0.4) is 0 Å². The zero-order chi connectivity index (χ0) is 16.4. The molecule has 0 aromatic rings. The van der Waals surface area contributed by atoms with Gasteiger partial charge in [0.25, 0.3) is 6.71 Å². The Kier molecular flexibility index (Phi) is 5.03. The van der Waals surface area contributed by atoms with Crippen molar-refractivity contribution in [3.63, 3.8) is 0 Å². The molecule has 0 bridgehead atoms. The number of aliphatic imine (C=N–C) groups is 1. The largest absolute Gasteiger partial charge is 0.497 e. The third-order valence-electron chi connectivity index (χ3n) is 5.03. The minimum Gasteiger partial charge on any atom is -0.405 e. The van der Waals surface area contributed by atoms with Crippen molar-refractivity contribution in [2.24, 2.45) is 10.7 Å². The Morgan fingerprint density at radius 1 is 1.23 bits per heavy atom. The lowest BCUT2D eigenvalue weighted by Gasteiger charge is -2.32. The van der Waals surface area contributed by atoms with E-state index in [2.05, 4.69) is 11.0 Å². The number of nitrogens with zero attached hydrogens (tertiary/aromatic N) is 2. The van der Waals surface area contributed by atoms with E-state index in [1.54, 1.807) is 6.21 Å². The molecule has 118 valence electrons. The van der Waals surface area contributed by atoms with Gasteiger partial charge in [-0.1, -0.05) is 12.6 Å². The summed E-state index contributed by atoms with van der Waals surface area (Å²) in [7, 11) is -0.478. The molecule has 22 heavy (non-hydrogen) atoms. The highest BCUT2D eigenvalue weighted by Gasteiger charge is 2.52. The molecule has 0 aromatic heterocycles. The molecule has 0 saturated carbocycles. The Bertz CT molecular complexity index is 487. The summed E-state index contributed by atoms with van der Waals surface area (Å²) in [5.74, 6) is 2.34. The summed E-state index contributed by atoms with van der Waals surface area (Å²) in [6.45, 7) is 8.25. The van der Waals surface area contributed by atoms with Crippen LogP contribution in [-0.2, 0) is 9.31 Å². The molecule has 2 N–H and O–H groups in total. The number of rotatable bonds is 3. The second kappa shape index (κ2) is 6.47. The Labute approximate surface area is 134 Å². The van der Waals surface area contributed by atoms with E-state index >= 15 is 0 Å². The maximum Gasteiger partial charge on any atom is 0.497 e. The molecule has 2 saturated heterocycles. The van der Waals surface area contributed by atoms with Crippen molar-refractivity contribution in [3.8, 4) is 5.97 Å². The summed E-state index contributed by atoms with van der Waals surface area (Å²) in [5.41, 5.74) is 5.71. The van der Waals surface area contributed by atoms with Crippen LogP contribution in [0.2, 0.25) is 12.6 Å². The molecule has 0 atom stereocenters. The Morgan fingerprint density at radius 3 is 2.23 bits per heavy atom. The number of allylic oxidation sites excluding steroid dienone is 1. The van der Waals surface area contributed by atoms with E-state index < -0.39 is 7.12 Å². The lowest BCUT2D eigenvalue weighted by Crippen LogP contribution is -2.41. The lowest BCUT2D eigenvalue weighted by atomic mass is 9.42. The van der Waals surface area contributed by atoms with Gasteiger partial charge in [-0.05, 0) is 46.7 Å². The van der Waals surface area contributed by atoms with Crippen LogP contribution in [0.25, 0.3) is 0 Å². The minimum atomic E-state index is -0.478. The van der Waals surface area contributed by atoms with Gasteiger partial charge < -0.3 is 15.0 Å². The fourth-order valence-electron chi connectivity index (χ4n) is 2.71. The molecule has 2 aliphatic heterocycles. The molecular formula is C15H25B2N3O2. The molecule has 0 aliphatic carbocycles. The standard InChI is InChI=1S/C15H25B2N3O2/c1-14(2)15(3,4)22-17(21-14)12(9-18)10-20-13-5-7-16(11-19)8-6-13/h9-10,13H,5-8,18H2,1-4H3. The summed E-state index contributed by atoms with van der Waals surface area (Å²) >= 11 is 0. The Balaban J connectivity index is 1.97. The van der Waals surface area contributed by atoms with Gasteiger partial charge in [0.1, 0.15) is 0 Å². The van der Waals surface area contributed by atoms with Crippen molar-refractivity contribution in [2.45, 2.75) is 70.4 Å². The van der Waals surface area contributed by atoms with Crippen LogP contribution >= 0.6 is 0 Å². The summed E-state index contributed by atoms with van der Waals surface area (Å²) < 4.78 is 12.0. The molecule has 0 amide bonds. The van der Waals surface area contributed by atoms with Crippen LogP contribution in [0.4, 0.5) is 0 Å². The van der Waals surface area contributed by atoms with E-state index in [1.807, 2.05) is 27.7 Å². The first-order chi connectivity index (χ1) is 10.3. The van der Waals surface area contributed by atoms with Crippen LogP contribution in [0.5, 0.6) is 0 Å². The first-order valence-corrected chi connectivity index (χ1v) is 7.99. The normalized spacial score (nSPS) is 25.7. The van der Waals surface area contributed by atoms with Gasteiger partial charge in [-0.2, -0.15) is 0 Å². The fraction of sp³-hybridized carbons (Fsp3) is 0.733. The predicted octanol–water partition coefficient (Wildman–Crippen LogP) is 2.25. The second-order valence-electron chi connectivity index (χ2n) is 7.17. The van der Waals surface area contributed by atoms with E-state index in [9.17, 15) is 0 Å². The maximum absolute atomic E-state index is 8.93. The number of nitriles is 1. The summed E-state index contributed by atoms with van der Waals surface area (Å²) in [4.78, 5) is 4.62. The number of hydrogen-bond donors (Lipinski definition) is 1. The van der Waals surface area contributed by atoms with Crippen molar-refractivity contribution in [3.05, 3.63) is 11.7 Å². The first-order valence-electron chi connectivity index (χ1n) is 7.99. The highest BCUT2D eigenvalue weighted by Crippen LogP contribution is 2.38. The van der Waals surface area contributed by atoms with E-state index in [4.69, 9.17) is 20.3 Å². The van der Waals surface area contributed by atoms with Gasteiger partial charge in [0.05, 0.1) is 11.2 Å². The molecule has 5 nitrogen and oxygen atoms in total. The van der Waals surface area contributed by atoms with Gasteiger partial charge in [0, 0.05) is 23.7 Å². The zero-order valence-electron chi connectivity index (χ0n) is 14.0. The molecule has 0 aromatic carbocycles. The molecule has 2 fully saturated rings. The third kappa shape index (κ3) is 3.56. The fourth-order valence-corrected chi connectivity index (χ4v) is 2.71. The van der Waals surface area contributed by atoms with Crippen LogP contribution in [0, 0.1) is 11.2 Å². The third-order valence-corrected chi connectivity index (χ3v) is 5.03. The molecular weight excluding hydrogens is 276 g/mol. The molecule has 2 aliphatic rings. The highest BCUT2D eigenvalue weighted by molar-refractivity contribution is 6.67. The van der Waals surface area contributed by atoms with Gasteiger partial charge >= 0.3 is 7.12 Å². The molecule has 2 heterocycles. The van der Waals surface area contributed by atoms with E-state index in [1.165, 1.54) is 6.20 Å². The molecule has 0 unspecified atom stereocenters. The van der Waals surface area contributed by atoms with E-state index in [0.29, 0.717) is 0 Å². The zero-order valence-corrected chi connectivity index (χ0v) is 14.0. The quantitative estimate of drug-likeness (QED) is 0.640. The van der Waals surface area contributed by atoms with Crippen molar-refractivity contribution < 1.29 is 9.31 Å².